The summed E-state index contributed by atoms with van der Waals surface area (Å²) in [5.41, 5.74) is 1.03. The lowest BCUT2D eigenvalue weighted by atomic mass is 9.78. The Kier molecular flexibility index (Phi) is 8.82. The van der Waals surface area contributed by atoms with Crippen molar-refractivity contribution in [1.29, 1.82) is 0 Å². The molecule has 2 aromatic carbocycles. The van der Waals surface area contributed by atoms with E-state index in [4.69, 9.17) is 9.47 Å². The largest absolute Gasteiger partial charge is 0.466 e. The van der Waals surface area contributed by atoms with Gasteiger partial charge in [0.15, 0.2) is 0 Å². The maximum atomic E-state index is 14.1. The molecule has 2 aliphatic heterocycles. The number of benzene rings is 2. The van der Waals surface area contributed by atoms with Crippen LogP contribution in [-0.2, 0) is 25.5 Å². The number of nitrogens with one attached hydrogen (secondary N) is 2. The first-order valence-electron chi connectivity index (χ1n) is 13.2. The standard InChI is InChI=1S/C30H35F2N3O4/c1-5-35(6-2)14-13-33-28(36)26-24-11-12-30(39-24,27(26)29(37)38-4)25(15-20-9-7-19(3)8-10-20)34-23-17-21(31)16-22(32)18-23/h7-12,16-18,24-25,34H,5-6,13-15H2,1-4H3,(H,33,36). The van der Waals surface area contributed by atoms with E-state index in [1.54, 1.807) is 12.2 Å². The number of aryl methyl sites for hydroxylation is 1. The number of carbonyl (C=O) groups excluding carboxylic acids is 2. The smallest absolute Gasteiger partial charge is 0.337 e. The fourth-order valence-corrected chi connectivity index (χ4v) is 5.23. The number of rotatable bonds is 12. The number of esters is 1. The predicted octanol–water partition coefficient (Wildman–Crippen LogP) is 3.93. The number of anilines is 1. The van der Waals surface area contributed by atoms with Crippen molar-refractivity contribution in [2.75, 3.05) is 38.6 Å². The van der Waals surface area contributed by atoms with Gasteiger partial charge in [0.2, 0.25) is 0 Å². The van der Waals surface area contributed by atoms with E-state index in [0.717, 1.165) is 30.3 Å². The van der Waals surface area contributed by atoms with Crippen LogP contribution in [0.1, 0.15) is 25.0 Å². The predicted molar refractivity (Wildman–Crippen MR) is 145 cm³/mol. The summed E-state index contributed by atoms with van der Waals surface area (Å²) in [6.45, 7) is 8.84. The zero-order valence-electron chi connectivity index (χ0n) is 22.7. The molecule has 2 bridgehead atoms. The van der Waals surface area contributed by atoms with Crippen LogP contribution in [0.2, 0.25) is 0 Å². The van der Waals surface area contributed by atoms with Gasteiger partial charge in [0.1, 0.15) is 23.3 Å². The number of hydrogen-bond acceptors (Lipinski definition) is 6. The van der Waals surface area contributed by atoms with E-state index in [-0.39, 0.29) is 16.8 Å². The van der Waals surface area contributed by atoms with Crippen LogP contribution in [0.15, 0.2) is 65.8 Å². The molecule has 3 atom stereocenters. The summed E-state index contributed by atoms with van der Waals surface area (Å²) in [6, 6.07) is 10.2. The Balaban J connectivity index is 1.73. The van der Waals surface area contributed by atoms with E-state index in [9.17, 15) is 18.4 Å². The highest BCUT2D eigenvalue weighted by atomic mass is 19.1. The van der Waals surface area contributed by atoms with Crippen LogP contribution in [0.3, 0.4) is 0 Å². The van der Waals surface area contributed by atoms with Crippen molar-refractivity contribution in [2.24, 2.45) is 0 Å². The second-order valence-electron chi connectivity index (χ2n) is 9.80. The number of methoxy groups -OCH3 is 1. The van der Waals surface area contributed by atoms with Gasteiger partial charge in [-0.3, -0.25) is 4.79 Å². The number of amides is 1. The van der Waals surface area contributed by atoms with Gasteiger partial charge in [0, 0.05) is 24.8 Å². The molecule has 1 amide bonds. The molecule has 0 aliphatic carbocycles. The van der Waals surface area contributed by atoms with Gasteiger partial charge in [-0.15, -0.1) is 0 Å². The third kappa shape index (κ3) is 6.04. The Morgan fingerprint density at radius 3 is 2.38 bits per heavy atom. The van der Waals surface area contributed by atoms with Gasteiger partial charge in [-0.2, -0.15) is 0 Å². The molecule has 7 nitrogen and oxygen atoms in total. The fourth-order valence-electron chi connectivity index (χ4n) is 5.23. The number of ether oxygens (including phenoxy) is 2. The molecule has 3 unspecified atom stereocenters. The molecule has 0 saturated heterocycles. The molecular formula is C30H35F2N3O4. The highest BCUT2D eigenvalue weighted by molar-refractivity contribution is 6.07. The summed E-state index contributed by atoms with van der Waals surface area (Å²) < 4.78 is 39.7. The molecule has 0 fully saturated rings. The van der Waals surface area contributed by atoms with Crippen molar-refractivity contribution in [3.8, 4) is 0 Å². The Bertz CT molecular complexity index is 1250. The number of likely N-dealkylation sites (N-methyl/N-ethyl adjacent to an activating group) is 1. The molecule has 208 valence electrons. The molecule has 0 spiro atoms. The maximum absolute atomic E-state index is 14.1. The summed E-state index contributed by atoms with van der Waals surface area (Å²) in [6.07, 6.45) is 3.03. The van der Waals surface area contributed by atoms with Crippen molar-refractivity contribution in [1.82, 2.24) is 10.2 Å². The monoisotopic (exact) mass is 539 g/mol. The number of carbonyl (C=O) groups is 2. The first kappa shape index (κ1) is 28.4. The van der Waals surface area contributed by atoms with Crippen molar-refractivity contribution < 1.29 is 27.8 Å². The minimum atomic E-state index is -1.41. The Morgan fingerprint density at radius 2 is 1.77 bits per heavy atom. The zero-order chi connectivity index (χ0) is 28.2. The zero-order valence-corrected chi connectivity index (χ0v) is 22.7. The van der Waals surface area contributed by atoms with Crippen molar-refractivity contribution in [3.63, 3.8) is 0 Å². The van der Waals surface area contributed by atoms with Gasteiger partial charge < -0.3 is 25.0 Å². The molecule has 39 heavy (non-hydrogen) atoms. The van der Waals surface area contributed by atoms with E-state index >= 15 is 0 Å². The number of halogens is 2. The quantitative estimate of drug-likeness (QED) is 0.314. The highest BCUT2D eigenvalue weighted by Gasteiger charge is 2.58. The molecule has 2 N–H and O–H groups in total. The van der Waals surface area contributed by atoms with Gasteiger partial charge in [-0.1, -0.05) is 49.8 Å². The van der Waals surface area contributed by atoms with E-state index < -0.39 is 41.3 Å². The van der Waals surface area contributed by atoms with E-state index in [1.807, 2.05) is 45.0 Å². The van der Waals surface area contributed by atoms with Crippen molar-refractivity contribution in [3.05, 3.63) is 88.5 Å². The van der Waals surface area contributed by atoms with Crippen LogP contribution in [0, 0.1) is 18.6 Å². The molecule has 2 aromatic rings. The maximum Gasteiger partial charge on any atom is 0.337 e. The van der Waals surface area contributed by atoms with Crippen molar-refractivity contribution in [2.45, 2.75) is 44.9 Å². The van der Waals surface area contributed by atoms with E-state index in [2.05, 4.69) is 15.5 Å². The van der Waals surface area contributed by atoms with Gasteiger partial charge in [-0.25, -0.2) is 13.6 Å². The first-order chi connectivity index (χ1) is 18.7. The van der Waals surface area contributed by atoms with Crippen LogP contribution < -0.4 is 10.6 Å². The summed E-state index contributed by atoms with van der Waals surface area (Å²) >= 11 is 0. The Hall–Kier alpha value is -3.56. The minimum absolute atomic E-state index is 0.0827. The lowest BCUT2D eigenvalue weighted by Gasteiger charge is -2.36. The molecule has 9 heteroatoms. The number of hydrogen-bond donors (Lipinski definition) is 2. The average Bonchev–Trinajstić information content (AvgIpc) is 3.49. The molecule has 0 aromatic heterocycles. The number of fused-ring (bicyclic) bond motifs is 2. The average molecular weight is 540 g/mol. The molecule has 0 radical (unpaired) electrons. The lowest BCUT2D eigenvalue weighted by Crippen LogP contribution is -2.49. The lowest BCUT2D eigenvalue weighted by molar-refractivity contribution is -0.138. The van der Waals surface area contributed by atoms with Crippen LogP contribution >= 0.6 is 0 Å². The van der Waals surface area contributed by atoms with E-state index in [1.165, 1.54) is 19.2 Å². The topological polar surface area (TPSA) is 79.9 Å². The fraction of sp³-hybridized carbons (Fsp3) is 0.400. The van der Waals surface area contributed by atoms with Crippen LogP contribution in [0.4, 0.5) is 14.5 Å². The van der Waals surface area contributed by atoms with Gasteiger partial charge in [0.25, 0.3) is 5.91 Å². The molecule has 2 heterocycles. The molecule has 0 saturated carbocycles. The number of nitrogens with zero attached hydrogens (tertiary/aromatic N) is 1. The van der Waals surface area contributed by atoms with Crippen LogP contribution in [0.5, 0.6) is 0 Å². The Morgan fingerprint density at radius 1 is 1.10 bits per heavy atom. The SMILES string of the molecule is CCN(CC)CCNC(=O)C1=C(C(=O)OC)C2(C(Cc3ccc(C)cc3)Nc3cc(F)cc(F)c3)C=CC1O2. The van der Waals surface area contributed by atoms with E-state index in [0.29, 0.717) is 19.5 Å². The van der Waals surface area contributed by atoms with Crippen molar-refractivity contribution >= 4 is 17.6 Å². The normalized spacial score (nSPS) is 20.4. The minimum Gasteiger partial charge on any atom is -0.466 e. The highest BCUT2D eigenvalue weighted by Crippen LogP contribution is 2.47. The van der Waals surface area contributed by atoms with Crippen LogP contribution in [0.25, 0.3) is 0 Å². The van der Waals surface area contributed by atoms with Crippen LogP contribution in [-0.4, -0.2) is 67.8 Å². The molecule has 4 rings (SSSR count). The summed E-state index contributed by atoms with van der Waals surface area (Å²) in [5, 5.41) is 6.10. The summed E-state index contributed by atoms with van der Waals surface area (Å²) in [5.74, 6) is -2.59. The second-order valence-corrected chi connectivity index (χ2v) is 9.80. The molecule has 2 aliphatic rings. The first-order valence-corrected chi connectivity index (χ1v) is 13.2. The third-order valence-corrected chi connectivity index (χ3v) is 7.31. The van der Waals surface area contributed by atoms with Gasteiger partial charge in [-0.05, 0) is 50.2 Å². The Labute approximate surface area is 227 Å². The molecular weight excluding hydrogens is 504 g/mol. The van der Waals surface area contributed by atoms with Gasteiger partial charge in [0.05, 0.1) is 24.3 Å². The third-order valence-electron chi connectivity index (χ3n) is 7.31. The summed E-state index contributed by atoms with van der Waals surface area (Å²) in [7, 11) is 1.25. The summed E-state index contributed by atoms with van der Waals surface area (Å²) in [4.78, 5) is 28.8. The second kappa shape index (κ2) is 12.1. The van der Waals surface area contributed by atoms with Gasteiger partial charge >= 0.3 is 5.97 Å².